The second-order valence-electron chi connectivity index (χ2n) is 3.68. The van der Waals surface area contributed by atoms with Gasteiger partial charge in [0.2, 0.25) is 0 Å². The second kappa shape index (κ2) is 4.80. The van der Waals surface area contributed by atoms with Gasteiger partial charge in [-0.15, -0.1) is 11.6 Å². The highest BCUT2D eigenvalue weighted by Crippen LogP contribution is 2.14. The van der Waals surface area contributed by atoms with Crippen molar-refractivity contribution < 1.29 is 4.74 Å². The third kappa shape index (κ3) is 2.49. The van der Waals surface area contributed by atoms with Crippen LogP contribution >= 0.6 is 11.6 Å². The lowest BCUT2D eigenvalue weighted by Gasteiger charge is -2.22. The zero-order valence-corrected chi connectivity index (χ0v) is 8.91. The minimum atomic E-state index is 0.362. The summed E-state index contributed by atoms with van der Waals surface area (Å²) in [6.07, 6.45) is 7.82. The number of rotatable bonds is 3. The third-order valence-corrected chi connectivity index (χ3v) is 2.79. The lowest BCUT2D eigenvalue weighted by Crippen LogP contribution is -2.23. The fourth-order valence-electron chi connectivity index (χ4n) is 1.76. The van der Waals surface area contributed by atoms with Crippen LogP contribution in [0.4, 0.5) is 0 Å². The van der Waals surface area contributed by atoms with Gasteiger partial charge >= 0.3 is 0 Å². The number of hydrogen-bond donors (Lipinski definition) is 0. The van der Waals surface area contributed by atoms with Gasteiger partial charge < -0.3 is 9.30 Å². The Bertz CT molecular complexity index is 281. The summed E-state index contributed by atoms with van der Waals surface area (Å²) in [6, 6.07) is 0. The SMILES string of the molecule is ClCc1cn(CC2CCCCO2)cn1. The standard InChI is InChI=1S/C10H15ClN2O/c11-5-9-6-13(8-12-9)7-10-3-1-2-4-14-10/h6,8,10H,1-5,7H2. The van der Waals surface area contributed by atoms with Gasteiger partial charge in [-0.05, 0) is 19.3 Å². The van der Waals surface area contributed by atoms with E-state index in [1.54, 1.807) is 0 Å². The van der Waals surface area contributed by atoms with Crippen molar-refractivity contribution in [1.82, 2.24) is 9.55 Å². The van der Waals surface area contributed by atoms with Crippen LogP contribution in [0.15, 0.2) is 12.5 Å². The summed E-state index contributed by atoms with van der Waals surface area (Å²) in [7, 11) is 0. The van der Waals surface area contributed by atoms with Gasteiger partial charge in [0.1, 0.15) is 0 Å². The number of halogens is 1. The molecule has 1 aromatic rings. The van der Waals surface area contributed by atoms with E-state index < -0.39 is 0 Å². The van der Waals surface area contributed by atoms with Gasteiger partial charge in [0, 0.05) is 19.3 Å². The number of aromatic nitrogens is 2. The van der Waals surface area contributed by atoms with Crippen LogP contribution in [0.25, 0.3) is 0 Å². The molecular weight excluding hydrogens is 200 g/mol. The normalized spacial score (nSPS) is 22.5. The van der Waals surface area contributed by atoms with E-state index in [4.69, 9.17) is 16.3 Å². The summed E-state index contributed by atoms with van der Waals surface area (Å²) in [5.74, 6) is 0.485. The number of ether oxygens (including phenoxy) is 1. The van der Waals surface area contributed by atoms with Gasteiger partial charge in [-0.1, -0.05) is 0 Å². The second-order valence-corrected chi connectivity index (χ2v) is 3.95. The molecule has 1 aliphatic heterocycles. The molecule has 78 valence electrons. The predicted octanol–water partition coefficient (Wildman–Crippen LogP) is 2.19. The molecule has 4 heteroatoms. The summed E-state index contributed by atoms with van der Waals surface area (Å²) in [5, 5.41) is 0. The van der Waals surface area contributed by atoms with Gasteiger partial charge in [-0.3, -0.25) is 0 Å². The first-order valence-corrected chi connectivity index (χ1v) is 5.60. The minimum Gasteiger partial charge on any atom is -0.376 e. The van der Waals surface area contributed by atoms with Gasteiger partial charge in [0.15, 0.2) is 0 Å². The fourth-order valence-corrected chi connectivity index (χ4v) is 1.90. The summed E-state index contributed by atoms with van der Waals surface area (Å²) in [4.78, 5) is 4.18. The van der Waals surface area contributed by atoms with Crippen molar-refractivity contribution in [2.24, 2.45) is 0 Å². The molecule has 0 saturated carbocycles. The highest BCUT2D eigenvalue weighted by molar-refractivity contribution is 6.16. The molecule has 1 fully saturated rings. The molecule has 2 heterocycles. The van der Waals surface area contributed by atoms with Crippen LogP contribution in [0.3, 0.4) is 0 Å². The number of hydrogen-bond acceptors (Lipinski definition) is 2. The van der Waals surface area contributed by atoms with Crippen LogP contribution < -0.4 is 0 Å². The van der Waals surface area contributed by atoms with Crippen molar-refractivity contribution in [3.8, 4) is 0 Å². The van der Waals surface area contributed by atoms with Crippen LogP contribution in [0.5, 0.6) is 0 Å². The van der Waals surface area contributed by atoms with Crippen LogP contribution in [0.2, 0.25) is 0 Å². The number of alkyl halides is 1. The van der Waals surface area contributed by atoms with E-state index in [2.05, 4.69) is 9.55 Å². The van der Waals surface area contributed by atoms with Crippen LogP contribution in [-0.4, -0.2) is 22.3 Å². The van der Waals surface area contributed by atoms with Crippen molar-refractivity contribution in [3.05, 3.63) is 18.2 Å². The van der Waals surface area contributed by atoms with Crippen LogP contribution in [-0.2, 0) is 17.2 Å². The van der Waals surface area contributed by atoms with Crippen molar-refractivity contribution in [3.63, 3.8) is 0 Å². The zero-order valence-electron chi connectivity index (χ0n) is 8.16. The molecule has 0 spiro atoms. The molecule has 3 nitrogen and oxygen atoms in total. The zero-order chi connectivity index (χ0) is 9.80. The molecular formula is C10H15ClN2O. The summed E-state index contributed by atoms with van der Waals surface area (Å²) >= 11 is 5.68. The maximum Gasteiger partial charge on any atom is 0.0950 e. The summed E-state index contributed by atoms with van der Waals surface area (Å²) in [5.41, 5.74) is 0.933. The Balaban J connectivity index is 1.89. The largest absolute Gasteiger partial charge is 0.376 e. The van der Waals surface area contributed by atoms with E-state index in [1.807, 2.05) is 12.5 Å². The first-order chi connectivity index (χ1) is 6.88. The molecule has 14 heavy (non-hydrogen) atoms. The number of nitrogens with zero attached hydrogens (tertiary/aromatic N) is 2. The van der Waals surface area contributed by atoms with Gasteiger partial charge in [0.25, 0.3) is 0 Å². The average molecular weight is 215 g/mol. The molecule has 1 aromatic heterocycles. The lowest BCUT2D eigenvalue weighted by atomic mass is 10.1. The molecule has 0 amide bonds. The molecule has 0 bridgehead atoms. The highest BCUT2D eigenvalue weighted by atomic mass is 35.5. The van der Waals surface area contributed by atoms with Crippen LogP contribution in [0, 0.1) is 0 Å². The van der Waals surface area contributed by atoms with Crippen molar-refractivity contribution >= 4 is 11.6 Å². The van der Waals surface area contributed by atoms with Gasteiger partial charge in [0.05, 0.1) is 24.0 Å². The Kier molecular flexibility index (Phi) is 3.43. The Morgan fingerprint density at radius 3 is 3.14 bits per heavy atom. The lowest BCUT2D eigenvalue weighted by molar-refractivity contribution is 0.00597. The highest BCUT2D eigenvalue weighted by Gasteiger charge is 2.14. The molecule has 1 unspecified atom stereocenters. The molecule has 1 saturated heterocycles. The predicted molar refractivity (Wildman–Crippen MR) is 55.4 cm³/mol. The Hall–Kier alpha value is -0.540. The Morgan fingerprint density at radius 2 is 2.50 bits per heavy atom. The topological polar surface area (TPSA) is 27.1 Å². The smallest absolute Gasteiger partial charge is 0.0950 e. The molecule has 0 N–H and O–H groups in total. The maximum absolute atomic E-state index is 5.68. The fraction of sp³-hybridized carbons (Fsp3) is 0.700. The molecule has 2 rings (SSSR count). The molecule has 0 aromatic carbocycles. The first kappa shape index (κ1) is 9.99. The van der Waals surface area contributed by atoms with Gasteiger partial charge in [-0.2, -0.15) is 0 Å². The molecule has 0 aliphatic carbocycles. The summed E-state index contributed by atoms with van der Waals surface area (Å²) in [6.45, 7) is 1.81. The Labute approximate surface area is 89.0 Å². The number of imidazole rings is 1. The van der Waals surface area contributed by atoms with Gasteiger partial charge in [-0.25, -0.2) is 4.98 Å². The minimum absolute atomic E-state index is 0.362. The van der Waals surface area contributed by atoms with E-state index in [0.29, 0.717) is 12.0 Å². The average Bonchev–Trinajstić information content (AvgIpc) is 2.67. The maximum atomic E-state index is 5.68. The first-order valence-electron chi connectivity index (χ1n) is 5.06. The van der Waals surface area contributed by atoms with Crippen molar-refractivity contribution in [2.75, 3.05) is 6.61 Å². The molecule has 1 atom stereocenters. The quantitative estimate of drug-likeness (QED) is 0.722. The Morgan fingerprint density at radius 1 is 1.57 bits per heavy atom. The van der Waals surface area contributed by atoms with E-state index in [9.17, 15) is 0 Å². The monoisotopic (exact) mass is 214 g/mol. The van der Waals surface area contributed by atoms with E-state index in [1.165, 1.54) is 12.8 Å². The van der Waals surface area contributed by atoms with Crippen molar-refractivity contribution in [1.29, 1.82) is 0 Å². The van der Waals surface area contributed by atoms with Crippen molar-refractivity contribution in [2.45, 2.75) is 37.8 Å². The van der Waals surface area contributed by atoms with Crippen LogP contribution in [0.1, 0.15) is 25.0 Å². The van der Waals surface area contributed by atoms with E-state index in [-0.39, 0.29) is 0 Å². The van der Waals surface area contributed by atoms with E-state index in [0.717, 1.165) is 25.3 Å². The third-order valence-electron chi connectivity index (χ3n) is 2.51. The molecule has 0 radical (unpaired) electrons. The summed E-state index contributed by atoms with van der Waals surface area (Å²) < 4.78 is 7.71. The molecule has 1 aliphatic rings. The van der Waals surface area contributed by atoms with E-state index >= 15 is 0 Å².